The fraction of sp³-hybridized carbons (Fsp3) is 0.400. The highest BCUT2D eigenvalue weighted by molar-refractivity contribution is 5.74. The molecule has 1 aromatic carbocycles. The molecule has 0 aliphatic heterocycles. The maximum atomic E-state index is 6.07. The number of nitrogens with two attached hydrogens (primary N) is 1. The van der Waals surface area contributed by atoms with Gasteiger partial charge in [0, 0.05) is 18.3 Å². The van der Waals surface area contributed by atoms with Crippen LogP contribution in [0.5, 0.6) is 0 Å². The van der Waals surface area contributed by atoms with E-state index in [4.69, 9.17) is 5.73 Å². The zero-order valence-electron chi connectivity index (χ0n) is 11.4. The summed E-state index contributed by atoms with van der Waals surface area (Å²) in [6.07, 6.45) is 3.05. The first-order chi connectivity index (χ1) is 8.58. The summed E-state index contributed by atoms with van der Waals surface area (Å²) in [5.74, 6) is 0.678. The molecule has 0 saturated carbocycles. The van der Waals surface area contributed by atoms with Crippen LogP contribution in [-0.2, 0) is 6.54 Å². The van der Waals surface area contributed by atoms with Crippen LogP contribution >= 0.6 is 0 Å². The average molecular weight is 243 g/mol. The van der Waals surface area contributed by atoms with Crippen LogP contribution in [0.4, 0.5) is 5.69 Å². The summed E-state index contributed by atoms with van der Waals surface area (Å²) in [6.45, 7) is 7.44. The Morgan fingerprint density at radius 3 is 2.67 bits per heavy atom. The number of aromatic nitrogens is 2. The van der Waals surface area contributed by atoms with Crippen LogP contribution < -0.4 is 5.73 Å². The zero-order valence-corrected chi connectivity index (χ0v) is 11.4. The molecule has 2 rings (SSSR count). The summed E-state index contributed by atoms with van der Waals surface area (Å²) in [6, 6.07) is 8.21. The third-order valence-corrected chi connectivity index (χ3v) is 3.13. The van der Waals surface area contributed by atoms with Gasteiger partial charge in [0.2, 0.25) is 0 Å². The lowest BCUT2D eigenvalue weighted by atomic mass is 10.1. The molecule has 18 heavy (non-hydrogen) atoms. The fourth-order valence-corrected chi connectivity index (χ4v) is 1.99. The van der Waals surface area contributed by atoms with Crippen LogP contribution in [0.15, 0.2) is 30.5 Å². The Kier molecular flexibility index (Phi) is 3.70. The third kappa shape index (κ3) is 2.73. The van der Waals surface area contributed by atoms with E-state index in [1.165, 1.54) is 5.56 Å². The minimum atomic E-state index is 0.678. The minimum Gasteiger partial charge on any atom is -0.396 e. The second-order valence-electron chi connectivity index (χ2n) is 5.19. The van der Waals surface area contributed by atoms with Crippen molar-refractivity contribution in [3.63, 3.8) is 0 Å². The lowest BCUT2D eigenvalue weighted by Gasteiger charge is -2.04. The highest BCUT2D eigenvalue weighted by atomic mass is 15.3. The number of benzene rings is 1. The molecular weight excluding hydrogens is 222 g/mol. The lowest BCUT2D eigenvalue weighted by Crippen LogP contribution is -2.02. The van der Waals surface area contributed by atoms with Crippen LogP contribution in [-0.4, -0.2) is 9.78 Å². The summed E-state index contributed by atoms with van der Waals surface area (Å²) < 4.78 is 1.96. The van der Waals surface area contributed by atoms with Crippen LogP contribution in [0.2, 0.25) is 0 Å². The van der Waals surface area contributed by atoms with Gasteiger partial charge in [-0.25, -0.2) is 0 Å². The monoisotopic (exact) mass is 243 g/mol. The molecule has 0 aliphatic rings. The Labute approximate surface area is 109 Å². The van der Waals surface area contributed by atoms with E-state index in [0.29, 0.717) is 5.92 Å². The molecule has 1 aromatic heterocycles. The van der Waals surface area contributed by atoms with Gasteiger partial charge in [-0.2, -0.15) is 5.10 Å². The van der Waals surface area contributed by atoms with E-state index in [1.54, 1.807) is 0 Å². The zero-order chi connectivity index (χ0) is 13.1. The van der Waals surface area contributed by atoms with E-state index in [-0.39, 0.29) is 0 Å². The number of aryl methyl sites for hydroxylation is 2. The van der Waals surface area contributed by atoms with Gasteiger partial charge in [-0.1, -0.05) is 38.1 Å². The molecule has 0 amide bonds. The molecule has 1 heterocycles. The molecule has 0 spiro atoms. The van der Waals surface area contributed by atoms with Crippen molar-refractivity contribution < 1.29 is 0 Å². The van der Waals surface area contributed by atoms with E-state index in [1.807, 2.05) is 23.0 Å². The van der Waals surface area contributed by atoms with Crippen molar-refractivity contribution in [1.29, 1.82) is 0 Å². The summed E-state index contributed by atoms with van der Waals surface area (Å²) in [5.41, 5.74) is 10.1. The second-order valence-corrected chi connectivity index (χ2v) is 5.19. The topological polar surface area (TPSA) is 43.8 Å². The van der Waals surface area contributed by atoms with Crippen LogP contribution in [0.1, 0.15) is 25.8 Å². The molecule has 0 unspecified atom stereocenters. The molecule has 0 radical (unpaired) electrons. The van der Waals surface area contributed by atoms with Crippen molar-refractivity contribution in [3.8, 4) is 11.3 Å². The van der Waals surface area contributed by atoms with Gasteiger partial charge >= 0.3 is 0 Å². The molecule has 0 bridgehead atoms. The normalized spacial score (nSPS) is 11.1. The number of hydrogen-bond acceptors (Lipinski definition) is 2. The number of nitrogen functional groups attached to an aromatic ring is 1. The molecule has 3 nitrogen and oxygen atoms in total. The van der Waals surface area contributed by atoms with Crippen molar-refractivity contribution in [3.05, 3.63) is 36.0 Å². The maximum Gasteiger partial charge on any atom is 0.115 e. The van der Waals surface area contributed by atoms with Crippen molar-refractivity contribution in [2.75, 3.05) is 5.73 Å². The Balaban J connectivity index is 2.27. The van der Waals surface area contributed by atoms with Gasteiger partial charge in [-0.15, -0.1) is 0 Å². The van der Waals surface area contributed by atoms with Gasteiger partial charge in [0.05, 0.1) is 5.69 Å². The molecule has 3 heteroatoms. The lowest BCUT2D eigenvalue weighted by molar-refractivity contribution is 0.488. The third-order valence-electron chi connectivity index (χ3n) is 3.13. The van der Waals surface area contributed by atoms with E-state index in [2.05, 4.69) is 38.0 Å². The van der Waals surface area contributed by atoms with E-state index in [0.717, 1.165) is 29.9 Å². The first kappa shape index (κ1) is 12.7. The number of anilines is 1. The minimum absolute atomic E-state index is 0.678. The van der Waals surface area contributed by atoms with Crippen molar-refractivity contribution in [2.24, 2.45) is 5.92 Å². The average Bonchev–Trinajstić information content (AvgIpc) is 2.69. The number of rotatable bonds is 4. The second kappa shape index (κ2) is 5.25. The standard InChI is InChI=1S/C15H21N3/c1-11(2)8-9-18-10-14(16)15(17-18)13-7-5-4-6-12(13)3/h4-7,10-11H,8-9,16H2,1-3H3. The van der Waals surface area contributed by atoms with Crippen molar-refractivity contribution in [1.82, 2.24) is 9.78 Å². The predicted molar refractivity (Wildman–Crippen MR) is 76.3 cm³/mol. The fourth-order valence-electron chi connectivity index (χ4n) is 1.99. The number of nitrogens with zero attached hydrogens (tertiary/aromatic N) is 2. The maximum absolute atomic E-state index is 6.07. The van der Waals surface area contributed by atoms with Crippen LogP contribution in [0.3, 0.4) is 0 Å². The molecule has 2 N–H and O–H groups in total. The first-order valence-electron chi connectivity index (χ1n) is 6.47. The SMILES string of the molecule is Cc1ccccc1-c1nn(CCC(C)C)cc1N. The summed E-state index contributed by atoms with van der Waals surface area (Å²) in [4.78, 5) is 0. The molecule has 2 aromatic rings. The van der Waals surface area contributed by atoms with Gasteiger partial charge in [0.15, 0.2) is 0 Å². The molecule has 0 saturated heterocycles. The predicted octanol–water partition coefficient (Wildman–Crippen LogP) is 3.49. The Bertz CT molecular complexity index is 526. The van der Waals surface area contributed by atoms with Gasteiger partial charge in [-0.3, -0.25) is 4.68 Å². The highest BCUT2D eigenvalue weighted by Gasteiger charge is 2.10. The van der Waals surface area contributed by atoms with E-state index in [9.17, 15) is 0 Å². The Morgan fingerprint density at radius 1 is 1.28 bits per heavy atom. The smallest absolute Gasteiger partial charge is 0.115 e. The molecular formula is C15H21N3. The first-order valence-corrected chi connectivity index (χ1v) is 6.47. The van der Waals surface area contributed by atoms with Crippen molar-refractivity contribution >= 4 is 5.69 Å². The summed E-state index contributed by atoms with van der Waals surface area (Å²) in [5, 5.41) is 4.60. The Hall–Kier alpha value is -1.77. The van der Waals surface area contributed by atoms with Crippen LogP contribution in [0, 0.1) is 12.8 Å². The van der Waals surface area contributed by atoms with Gasteiger partial charge in [0.25, 0.3) is 0 Å². The molecule has 96 valence electrons. The summed E-state index contributed by atoms with van der Waals surface area (Å²) >= 11 is 0. The van der Waals surface area contributed by atoms with Gasteiger partial charge in [-0.05, 0) is 24.8 Å². The largest absolute Gasteiger partial charge is 0.396 e. The summed E-state index contributed by atoms with van der Waals surface area (Å²) in [7, 11) is 0. The highest BCUT2D eigenvalue weighted by Crippen LogP contribution is 2.26. The van der Waals surface area contributed by atoms with E-state index >= 15 is 0 Å². The quantitative estimate of drug-likeness (QED) is 0.893. The molecule has 0 aliphatic carbocycles. The van der Waals surface area contributed by atoms with Gasteiger partial charge in [0.1, 0.15) is 5.69 Å². The molecule has 0 atom stereocenters. The van der Waals surface area contributed by atoms with Crippen molar-refractivity contribution in [2.45, 2.75) is 33.7 Å². The molecule has 0 fully saturated rings. The Morgan fingerprint density at radius 2 is 2.00 bits per heavy atom. The van der Waals surface area contributed by atoms with Gasteiger partial charge < -0.3 is 5.73 Å². The van der Waals surface area contributed by atoms with Crippen LogP contribution in [0.25, 0.3) is 11.3 Å². The van der Waals surface area contributed by atoms with E-state index < -0.39 is 0 Å². The number of hydrogen-bond donors (Lipinski definition) is 1.